The van der Waals surface area contributed by atoms with Crippen molar-refractivity contribution < 1.29 is 4.74 Å². The van der Waals surface area contributed by atoms with Crippen LogP contribution in [0.4, 0.5) is 0 Å². The molecular weight excluding hydrogens is 290 g/mol. The summed E-state index contributed by atoms with van der Waals surface area (Å²) in [4.78, 5) is 12.3. The number of hydrogen-bond donors (Lipinski definition) is 0. The van der Waals surface area contributed by atoms with Crippen molar-refractivity contribution >= 4 is 5.70 Å². The molecule has 0 N–H and O–H groups in total. The molecule has 2 aromatic rings. The van der Waals surface area contributed by atoms with Crippen LogP contribution in [0.1, 0.15) is 25.0 Å². The summed E-state index contributed by atoms with van der Waals surface area (Å²) >= 11 is 0. The first-order chi connectivity index (χ1) is 11.0. The summed E-state index contributed by atoms with van der Waals surface area (Å²) in [6.45, 7) is 3.56. The van der Waals surface area contributed by atoms with Gasteiger partial charge in [0.15, 0.2) is 0 Å². The first-order valence-electron chi connectivity index (χ1n) is 7.04. The highest BCUT2D eigenvalue weighted by atomic mass is 16.5. The molecule has 1 aliphatic rings. The van der Waals surface area contributed by atoms with Gasteiger partial charge in [-0.2, -0.15) is 10.5 Å². The number of pyridine rings is 1. The summed E-state index contributed by atoms with van der Waals surface area (Å²) in [7, 11) is 0. The van der Waals surface area contributed by atoms with Crippen molar-refractivity contribution in [1.29, 1.82) is 10.5 Å². The lowest BCUT2D eigenvalue weighted by atomic mass is 9.89. The Morgan fingerprint density at radius 2 is 1.91 bits per heavy atom. The second-order valence-electron chi connectivity index (χ2n) is 5.68. The smallest absolute Gasteiger partial charge is 0.255 e. The van der Waals surface area contributed by atoms with Gasteiger partial charge < -0.3 is 4.74 Å². The molecule has 0 unspecified atom stereocenters. The van der Waals surface area contributed by atoms with E-state index >= 15 is 0 Å². The third-order valence-corrected chi connectivity index (χ3v) is 3.74. The lowest BCUT2D eigenvalue weighted by Crippen LogP contribution is -2.36. The Hall–Kier alpha value is -3.31. The monoisotopic (exact) mass is 303 g/mol. The van der Waals surface area contributed by atoms with Gasteiger partial charge in [-0.3, -0.25) is 9.36 Å². The Labute approximate surface area is 133 Å². The summed E-state index contributed by atoms with van der Waals surface area (Å²) in [6.07, 6.45) is 1.61. The molecule has 0 saturated carbocycles. The van der Waals surface area contributed by atoms with E-state index in [1.54, 1.807) is 50.4 Å². The number of hydrogen-bond acceptors (Lipinski definition) is 4. The number of rotatable bonds is 1. The molecule has 5 nitrogen and oxygen atoms in total. The normalized spacial score (nSPS) is 15.1. The summed E-state index contributed by atoms with van der Waals surface area (Å²) in [5.41, 5.74) is 0.677. The predicted octanol–water partition coefficient (Wildman–Crippen LogP) is 2.67. The molecule has 0 spiro atoms. The molecule has 112 valence electrons. The van der Waals surface area contributed by atoms with Crippen LogP contribution >= 0.6 is 0 Å². The minimum atomic E-state index is -0.874. The summed E-state index contributed by atoms with van der Waals surface area (Å²) in [5, 5.41) is 18.8. The number of benzene rings is 1. The third-order valence-electron chi connectivity index (χ3n) is 3.74. The quantitative estimate of drug-likeness (QED) is 0.811. The van der Waals surface area contributed by atoms with E-state index in [1.807, 2.05) is 0 Å². The third kappa shape index (κ3) is 2.29. The number of fused-ring (bicyclic) bond motifs is 1. The van der Waals surface area contributed by atoms with E-state index in [-0.39, 0.29) is 5.56 Å². The Kier molecular flexibility index (Phi) is 3.28. The SMILES string of the molecule is CC1(C)Oc2ccc(C#N)cc2C(n2ccccc2=O)=C1C#N. The largest absolute Gasteiger partial charge is 0.482 e. The van der Waals surface area contributed by atoms with Crippen molar-refractivity contribution in [1.82, 2.24) is 4.57 Å². The number of nitrogens with zero attached hydrogens (tertiary/aromatic N) is 3. The Balaban J connectivity index is 2.43. The van der Waals surface area contributed by atoms with E-state index in [4.69, 9.17) is 10.00 Å². The van der Waals surface area contributed by atoms with Crippen LogP contribution in [0, 0.1) is 22.7 Å². The molecule has 0 fully saturated rings. The molecule has 0 aliphatic carbocycles. The van der Waals surface area contributed by atoms with Crippen LogP contribution in [0.2, 0.25) is 0 Å². The van der Waals surface area contributed by atoms with Crippen LogP contribution in [-0.4, -0.2) is 10.2 Å². The second kappa shape index (κ2) is 5.15. The fraction of sp³-hybridized carbons (Fsp3) is 0.167. The number of aromatic nitrogens is 1. The lowest BCUT2D eigenvalue weighted by Gasteiger charge is -2.34. The van der Waals surface area contributed by atoms with Crippen LogP contribution in [-0.2, 0) is 0 Å². The molecule has 1 aromatic heterocycles. The average Bonchev–Trinajstić information content (AvgIpc) is 2.53. The van der Waals surface area contributed by atoms with E-state index in [0.29, 0.717) is 28.1 Å². The van der Waals surface area contributed by atoms with Gasteiger partial charge in [-0.05, 0) is 38.1 Å². The molecule has 2 heterocycles. The van der Waals surface area contributed by atoms with Crippen molar-refractivity contribution in [3.05, 3.63) is 69.6 Å². The minimum Gasteiger partial charge on any atom is -0.482 e. The molecule has 23 heavy (non-hydrogen) atoms. The Morgan fingerprint density at radius 3 is 2.57 bits per heavy atom. The van der Waals surface area contributed by atoms with Gasteiger partial charge in [-0.25, -0.2) is 0 Å². The average molecular weight is 303 g/mol. The van der Waals surface area contributed by atoms with Crippen molar-refractivity contribution in [2.45, 2.75) is 19.4 Å². The van der Waals surface area contributed by atoms with Crippen LogP contribution in [0.25, 0.3) is 5.70 Å². The van der Waals surface area contributed by atoms with Gasteiger partial charge in [0.05, 0.1) is 22.9 Å². The van der Waals surface area contributed by atoms with E-state index in [9.17, 15) is 10.1 Å². The molecule has 1 aromatic carbocycles. The van der Waals surface area contributed by atoms with Gasteiger partial charge in [-0.1, -0.05) is 6.07 Å². The second-order valence-corrected chi connectivity index (χ2v) is 5.68. The summed E-state index contributed by atoms with van der Waals surface area (Å²) in [6, 6.07) is 14.0. The van der Waals surface area contributed by atoms with Crippen LogP contribution < -0.4 is 10.3 Å². The highest BCUT2D eigenvalue weighted by Crippen LogP contribution is 2.41. The zero-order valence-electron chi connectivity index (χ0n) is 12.7. The number of nitriles is 2. The topological polar surface area (TPSA) is 78.8 Å². The van der Waals surface area contributed by atoms with E-state index < -0.39 is 5.60 Å². The molecule has 5 heteroatoms. The molecule has 0 saturated heterocycles. The van der Waals surface area contributed by atoms with Gasteiger partial charge in [0, 0.05) is 17.8 Å². The fourth-order valence-corrected chi connectivity index (χ4v) is 2.67. The van der Waals surface area contributed by atoms with Crippen molar-refractivity contribution in [3.8, 4) is 17.9 Å². The molecule has 0 bridgehead atoms. The lowest BCUT2D eigenvalue weighted by molar-refractivity contribution is 0.148. The van der Waals surface area contributed by atoms with E-state index in [1.165, 1.54) is 10.6 Å². The summed E-state index contributed by atoms with van der Waals surface area (Å²) < 4.78 is 7.33. The highest BCUT2D eigenvalue weighted by molar-refractivity contribution is 5.80. The first kappa shape index (κ1) is 14.6. The molecule has 0 atom stereocenters. The summed E-state index contributed by atoms with van der Waals surface area (Å²) in [5.74, 6) is 0.541. The van der Waals surface area contributed by atoms with Gasteiger partial charge in [0.25, 0.3) is 5.56 Å². The van der Waals surface area contributed by atoms with Crippen molar-refractivity contribution in [2.75, 3.05) is 0 Å². The predicted molar refractivity (Wildman–Crippen MR) is 84.5 cm³/mol. The van der Waals surface area contributed by atoms with Gasteiger partial charge in [-0.15, -0.1) is 0 Å². The fourth-order valence-electron chi connectivity index (χ4n) is 2.67. The van der Waals surface area contributed by atoms with Gasteiger partial charge in [0.1, 0.15) is 17.4 Å². The van der Waals surface area contributed by atoms with Gasteiger partial charge >= 0.3 is 0 Å². The molecule has 0 radical (unpaired) electrons. The zero-order chi connectivity index (χ0) is 16.6. The highest BCUT2D eigenvalue weighted by Gasteiger charge is 2.36. The van der Waals surface area contributed by atoms with Crippen molar-refractivity contribution in [3.63, 3.8) is 0 Å². The first-order valence-corrected chi connectivity index (χ1v) is 7.04. The minimum absolute atomic E-state index is 0.249. The van der Waals surface area contributed by atoms with Crippen LogP contribution in [0.5, 0.6) is 5.75 Å². The zero-order valence-corrected chi connectivity index (χ0v) is 12.7. The molecule has 1 aliphatic heterocycles. The Morgan fingerprint density at radius 1 is 1.13 bits per heavy atom. The molecule has 0 amide bonds. The maximum atomic E-state index is 12.3. The maximum absolute atomic E-state index is 12.3. The molecule has 3 rings (SSSR count). The van der Waals surface area contributed by atoms with Gasteiger partial charge in [0.2, 0.25) is 0 Å². The standard InChI is InChI=1S/C18H13N3O2/c1-18(2)14(11-20)17(21-8-4-3-5-16(21)22)13-9-12(10-19)6-7-15(13)23-18/h3-9H,1-2H3. The van der Waals surface area contributed by atoms with Crippen molar-refractivity contribution in [2.24, 2.45) is 0 Å². The van der Waals surface area contributed by atoms with Crippen LogP contribution in [0.15, 0.2) is 53.0 Å². The number of ether oxygens (including phenoxy) is 1. The van der Waals surface area contributed by atoms with Crippen LogP contribution in [0.3, 0.4) is 0 Å². The van der Waals surface area contributed by atoms with E-state index in [0.717, 1.165) is 0 Å². The maximum Gasteiger partial charge on any atom is 0.255 e. The van der Waals surface area contributed by atoms with E-state index in [2.05, 4.69) is 12.1 Å². The Bertz CT molecular complexity index is 969. The molecular formula is C18H13N3O2.